The Hall–Kier alpha value is -1.59. The number of rotatable bonds is 3. The summed E-state index contributed by atoms with van der Waals surface area (Å²) in [7, 11) is 0. The molecule has 5 nitrogen and oxygen atoms in total. The Kier molecular flexibility index (Phi) is 4.87. The van der Waals surface area contributed by atoms with Gasteiger partial charge in [-0.15, -0.1) is 0 Å². The van der Waals surface area contributed by atoms with Crippen molar-refractivity contribution < 1.29 is 9.59 Å². The molecule has 2 amide bonds. The fourth-order valence-corrected chi connectivity index (χ4v) is 3.66. The van der Waals surface area contributed by atoms with Gasteiger partial charge in [0.2, 0.25) is 11.8 Å². The number of amides is 2. The number of fused-ring (bicyclic) bond motifs is 1. The summed E-state index contributed by atoms with van der Waals surface area (Å²) in [6.07, 6.45) is 4.50. The zero-order valence-electron chi connectivity index (χ0n) is 13.2. The molecule has 1 heterocycles. The van der Waals surface area contributed by atoms with E-state index in [1.165, 1.54) is 6.42 Å². The van der Waals surface area contributed by atoms with Crippen molar-refractivity contribution in [3.05, 3.63) is 28.8 Å². The van der Waals surface area contributed by atoms with Crippen molar-refractivity contribution in [1.82, 2.24) is 10.6 Å². The lowest BCUT2D eigenvalue weighted by atomic mass is 9.87. The van der Waals surface area contributed by atoms with Crippen molar-refractivity contribution in [1.29, 1.82) is 0 Å². The molecule has 3 atom stereocenters. The lowest BCUT2D eigenvalue weighted by Gasteiger charge is -2.40. The Labute approximate surface area is 141 Å². The number of anilines is 1. The Balaban J connectivity index is 1.59. The largest absolute Gasteiger partial charge is 0.350 e. The van der Waals surface area contributed by atoms with Crippen molar-refractivity contribution in [2.45, 2.75) is 57.2 Å². The highest BCUT2D eigenvalue weighted by Crippen LogP contribution is 2.24. The molecule has 1 aliphatic heterocycles. The number of piperazine rings is 1. The van der Waals surface area contributed by atoms with E-state index >= 15 is 0 Å². The summed E-state index contributed by atoms with van der Waals surface area (Å²) in [4.78, 5) is 24.4. The van der Waals surface area contributed by atoms with E-state index < -0.39 is 6.04 Å². The van der Waals surface area contributed by atoms with E-state index in [4.69, 9.17) is 11.6 Å². The van der Waals surface area contributed by atoms with Crippen LogP contribution in [0.25, 0.3) is 0 Å². The Morgan fingerprint density at radius 1 is 1.30 bits per heavy atom. The third-order valence-electron chi connectivity index (χ3n) is 4.61. The maximum Gasteiger partial charge on any atom is 0.237 e. The second-order valence-electron chi connectivity index (χ2n) is 6.46. The first-order chi connectivity index (χ1) is 11.0. The van der Waals surface area contributed by atoms with E-state index in [9.17, 15) is 9.59 Å². The molecule has 0 radical (unpaired) electrons. The molecule has 1 saturated carbocycles. The van der Waals surface area contributed by atoms with Crippen molar-refractivity contribution in [3.63, 3.8) is 0 Å². The van der Waals surface area contributed by atoms with Gasteiger partial charge in [-0.1, -0.05) is 30.5 Å². The summed E-state index contributed by atoms with van der Waals surface area (Å²) in [5.74, 6) is -0.295. The number of nitrogens with one attached hydrogen (secondary N) is 3. The van der Waals surface area contributed by atoms with E-state index in [0.29, 0.717) is 10.7 Å². The molecule has 3 N–H and O–H groups in total. The highest BCUT2D eigenvalue weighted by Gasteiger charge is 2.36. The standard InChI is InChI=1S/C17H22ClN3O2/c1-10-6-7-12(11(18)8-10)20-16(22)9-15-17(23)21-14-5-3-2-4-13(14)19-15/h6-8,13-15,19H,2-5,9H2,1H3,(H,20,22)(H,21,23)/t13-,14+,15-/m1/s1. The number of halogens is 1. The quantitative estimate of drug-likeness (QED) is 0.794. The van der Waals surface area contributed by atoms with Gasteiger partial charge in [0.1, 0.15) is 0 Å². The Morgan fingerprint density at radius 3 is 2.78 bits per heavy atom. The number of benzene rings is 1. The molecule has 124 valence electrons. The monoisotopic (exact) mass is 335 g/mol. The second-order valence-corrected chi connectivity index (χ2v) is 6.87. The molecule has 3 rings (SSSR count). The minimum absolute atomic E-state index is 0.0849. The predicted molar refractivity (Wildman–Crippen MR) is 90.5 cm³/mol. The van der Waals surface area contributed by atoms with Crippen LogP contribution in [0.3, 0.4) is 0 Å². The van der Waals surface area contributed by atoms with Gasteiger partial charge in [-0.25, -0.2) is 0 Å². The van der Waals surface area contributed by atoms with Crippen LogP contribution < -0.4 is 16.0 Å². The van der Waals surface area contributed by atoms with Crippen LogP contribution in [0.2, 0.25) is 5.02 Å². The summed E-state index contributed by atoms with van der Waals surface area (Å²) in [5, 5.41) is 9.68. The third kappa shape index (κ3) is 3.85. The van der Waals surface area contributed by atoms with Crippen LogP contribution in [0.1, 0.15) is 37.7 Å². The van der Waals surface area contributed by atoms with Crippen molar-refractivity contribution in [3.8, 4) is 0 Å². The van der Waals surface area contributed by atoms with Crippen LogP contribution in [-0.2, 0) is 9.59 Å². The van der Waals surface area contributed by atoms with Crippen molar-refractivity contribution in [2.24, 2.45) is 0 Å². The molecule has 2 fully saturated rings. The lowest BCUT2D eigenvalue weighted by Crippen LogP contribution is -2.65. The number of hydrogen-bond acceptors (Lipinski definition) is 3. The molecular formula is C17H22ClN3O2. The highest BCUT2D eigenvalue weighted by atomic mass is 35.5. The highest BCUT2D eigenvalue weighted by molar-refractivity contribution is 6.33. The molecule has 0 bridgehead atoms. The van der Waals surface area contributed by atoms with Crippen LogP contribution in [0.15, 0.2) is 18.2 Å². The molecule has 2 aliphatic rings. The topological polar surface area (TPSA) is 70.2 Å². The second kappa shape index (κ2) is 6.89. The SMILES string of the molecule is Cc1ccc(NC(=O)C[C@H]2N[C@@H]3CCCC[C@@H]3NC2=O)c(Cl)c1. The third-order valence-corrected chi connectivity index (χ3v) is 4.93. The first-order valence-corrected chi connectivity index (χ1v) is 8.53. The van der Waals surface area contributed by atoms with E-state index in [0.717, 1.165) is 24.8 Å². The minimum atomic E-state index is -0.474. The lowest BCUT2D eigenvalue weighted by molar-refractivity contribution is -0.129. The fourth-order valence-electron chi connectivity index (χ4n) is 3.38. The molecule has 0 spiro atoms. The first kappa shape index (κ1) is 16.3. The number of aryl methyl sites for hydroxylation is 1. The van der Waals surface area contributed by atoms with E-state index in [1.807, 2.05) is 13.0 Å². The van der Waals surface area contributed by atoms with Gasteiger partial charge in [0.25, 0.3) is 0 Å². The van der Waals surface area contributed by atoms with Crippen LogP contribution in [-0.4, -0.2) is 29.9 Å². The molecule has 0 unspecified atom stereocenters. The normalized spacial score (nSPS) is 27.0. The number of carbonyl (C=O) groups is 2. The van der Waals surface area contributed by atoms with Gasteiger partial charge in [-0.3, -0.25) is 9.59 Å². The van der Waals surface area contributed by atoms with Gasteiger partial charge in [0.15, 0.2) is 0 Å². The maximum atomic E-state index is 12.2. The van der Waals surface area contributed by atoms with Gasteiger partial charge in [0.05, 0.1) is 23.2 Å². The number of hydrogen-bond donors (Lipinski definition) is 3. The van der Waals surface area contributed by atoms with Crippen LogP contribution in [0.5, 0.6) is 0 Å². The minimum Gasteiger partial charge on any atom is -0.350 e. The molecule has 1 aliphatic carbocycles. The summed E-state index contributed by atoms with van der Waals surface area (Å²) < 4.78 is 0. The van der Waals surface area contributed by atoms with Gasteiger partial charge >= 0.3 is 0 Å². The molecule has 1 saturated heterocycles. The molecule has 1 aromatic rings. The Bertz CT molecular complexity index is 620. The smallest absolute Gasteiger partial charge is 0.237 e. The predicted octanol–water partition coefficient (Wildman–Crippen LogP) is 2.38. The summed E-state index contributed by atoms with van der Waals surface area (Å²) >= 11 is 6.13. The molecular weight excluding hydrogens is 314 g/mol. The zero-order chi connectivity index (χ0) is 16.4. The average Bonchev–Trinajstić information content (AvgIpc) is 2.51. The van der Waals surface area contributed by atoms with Gasteiger partial charge < -0.3 is 16.0 Å². The Morgan fingerprint density at radius 2 is 2.04 bits per heavy atom. The molecule has 23 heavy (non-hydrogen) atoms. The average molecular weight is 336 g/mol. The van der Waals surface area contributed by atoms with Crippen LogP contribution >= 0.6 is 11.6 Å². The maximum absolute atomic E-state index is 12.2. The van der Waals surface area contributed by atoms with Crippen LogP contribution in [0.4, 0.5) is 5.69 Å². The van der Waals surface area contributed by atoms with Crippen molar-refractivity contribution >= 4 is 29.1 Å². The van der Waals surface area contributed by atoms with Gasteiger partial charge in [-0.05, 0) is 37.5 Å². The summed E-state index contributed by atoms with van der Waals surface area (Å²) in [5.41, 5.74) is 1.61. The van der Waals surface area contributed by atoms with Crippen molar-refractivity contribution in [2.75, 3.05) is 5.32 Å². The summed E-state index contributed by atoms with van der Waals surface area (Å²) in [6.45, 7) is 1.94. The fraction of sp³-hybridized carbons (Fsp3) is 0.529. The van der Waals surface area contributed by atoms with Gasteiger partial charge in [-0.2, -0.15) is 0 Å². The van der Waals surface area contributed by atoms with Crippen LogP contribution in [0, 0.1) is 6.92 Å². The first-order valence-electron chi connectivity index (χ1n) is 8.15. The zero-order valence-corrected chi connectivity index (χ0v) is 14.0. The van der Waals surface area contributed by atoms with E-state index in [2.05, 4.69) is 16.0 Å². The van der Waals surface area contributed by atoms with Gasteiger partial charge in [0, 0.05) is 12.1 Å². The van der Waals surface area contributed by atoms with E-state index in [1.54, 1.807) is 12.1 Å². The molecule has 0 aromatic heterocycles. The molecule has 1 aromatic carbocycles. The molecule has 6 heteroatoms. The number of carbonyl (C=O) groups excluding carboxylic acids is 2. The summed E-state index contributed by atoms with van der Waals surface area (Å²) in [6, 6.07) is 5.48. The van der Waals surface area contributed by atoms with E-state index in [-0.39, 0.29) is 30.3 Å².